The van der Waals surface area contributed by atoms with Gasteiger partial charge in [-0.05, 0) is 68.3 Å². The van der Waals surface area contributed by atoms with Gasteiger partial charge in [0.05, 0.1) is 0 Å². The zero-order chi connectivity index (χ0) is 14.1. The summed E-state index contributed by atoms with van der Waals surface area (Å²) in [4.78, 5) is 2.79. The van der Waals surface area contributed by atoms with Gasteiger partial charge in [0.15, 0.2) is 0 Å². The van der Waals surface area contributed by atoms with Gasteiger partial charge in [-0.3, -0.25) is 4.90 Å². The number of nitrogens with one attached hydrogen (secondary N) is 1. The van der Waals surface area contributed by atoms with Gasteiger partial charge in [-0.25, -0.2) is 0 Å². The molecular formula is C19H28N2. The highest BCUT2D eigenvalue weighted by atomic mass is 15.2. The van der Waals surface area contributed by atoms with Crippen LogP contribution in [-0.2, 0) is 6.54 Å². The Hall–Kier alpha value is -0.860. The fourth-order valence-electron chi connectivity index (χ4n) is 4.95. The summed E-state index contributed by atoms with van der Waals surface area (Å²) in [5.74, 6) is 0. The van der Waals surface area contributed by atoms with E-state index in [2.05, 4.69) is 34.5 Å². The molecule has 2 nitrogen and oxygen atoms in total. The highest BCUT2D eigenvalue weighted by Gasteiger charge is 2.38. The molecule has 1 spiro atoms. The monoisotopic (exact) mass is 284 g/mol. The summed E-state index contributed by atoms with van der Waals surface area (Å²) in [5, 5.41) is 3.59. The molecular weight excluding hydrogens is 256 g/mol. The van der Waals surface area contributed by atoms with Crippen LogP contribution in [0.2, 0.25) is 0 Å². The van der Waals surface area contributed by atoms with E-state index < -0.39 is 0 Å². The molecule has 0 bridgehead atoms. The van der Waals surface area contributed by atoms with Crippen LogP contribution < -0.4 is 5.32 Å². The zero-order valence-electron chi connectivity index (χ0n) is 13.1. The first kappa shape index (κ1) is 13.8. The van der Waals surface area contributed by atoms with E-state index >= 15 is 0 Å². The zero-order valence-corrected chi connectivity index (χ0v) is 13.1. The van der Waals surface area contributed by atoms with Crippen molar-refractivity contribution in [1.29, 1.82) is 0 Å². The van der Waals surface area contributed by atoms with Crippen LogP contribution in [0, 0.1) is 5.41 Å². The molecule has 4 rings (SSSR count). The lowest BCUT2D eigenvalue weighted by molar-refractivity contribution is 0.0730. The van der Waals surface area contributed by atoms with Gasteiger partial charge in [-0.1, -0.05) is 37.1 Å². The molecule has 1 unspecified atom stereocenters. The van der Waals surface area contributed by atoms with Gasteiger partial charge in [-0.2, -0.15) is 0 Å². The summed E-state index contributed by atoms with van der Waals surface area (Å²) in [5.41, 5.74) is 3.84. The Morgan fingerprint density at radius 3 is 2.57 bits per heavy atom. The van der Waals surface area contributed by atoms with Crippen molar-refractivity contribution >= 4 is 0 Å². The second kappa shape index (κ2) is 5.73. The van der Waals surface area contributed by atoms with E-state index in [1.54, 1.807) is 5.56 Å². The molecule has 0 aromatic heterocycles. The van der Waals surface area contributed by atoms with Crippen molar-refractivity contribution in [3.63, 3.8) is 0 Å². The fraction of sp³-hybridized carbons (Fsp3) is 0.684. The molecule has 0 amide bonds. The quantitative estimate of drug-likeness (QED) is 0.842. The number of hydrogen-bond acceptors (Lipinski definition) is 2. The van der Waals surface area contributed by atoms with Crippen molar-refractivity contribution in [2.75, 3.05) is 19.6 Å². The Morgan fingerprint density at radius 2 is 1.76 bits per heavy atom. The first-order valence-electron chi connectivity index (χ1n) is 8.89. The molecule has 3 aliphatic rings. The molecule has 1 atom stereocenters. The fourth-order valence-corrected chi connectivity index (χ4v) is 4.95. The predicted molar refractivity (Wildman–Crippen MR) is 87.2 cm³/mol. The van der Waals surface area contributed by atoms with E-state index in [0.29, 0.717) is 6.04 Å². The maximum absolute atomic E-state index is 3.59. The van der Waals surface area contributed by atoms with E-state index in [1.807, 2.05) is 0 Å². The summed E-state index contributed by atoms with van der Waals surface area (Å²) in [6.07, 6.45) is 10.1. The summed E-state index contributed by atoms with van der Waals surface area (Å²) >= 11 is 0. The van der Waals surface area contributed by atoms with Crippen molar-refractivity contribution < 1.29 is 0 Å². The topological polar surface area (TPSA) is 15.3 Å². The highest BCUT2D eigenvalue weighted by Crippen LogP contribution is 2.47. The average molecular weight is 284 g/mol. The third kappa shape index (κ3) is 2.64. The lowest BCUT2D eigenvalue weighted by atomic mass is 9.76. The molecule has 1 aliphatic carbocycles. The SMILES string of the molecule is c1ccc2c(c1)CNCCC2N1CCC2(CCCC2)CC1. The molecule has 2 aliphatic heterocycles. The third-order valence-electron chi connectivity index (χ3n) is 6.29. The van der Waals surface area contributed by atoms with Gasteiger partial charge < -0.3 is 5.32 Å². The second-order valence-electron chi connectivity index (χ2n) is 7.42. The number of hydrogen-bond donors (Lipinski definition) is 1. The van der Waals surface area contributed by atoms with Gasteiger partial charge in [0.1, 0.15) is 0 Å². The number of benzene rings is 1. The molecule has 1 saturated heterocycles. The van der Waals surface area contributed by atoms with Crippen molar-refractivity contribution in [2.24, 2.45) is 5.41 Å². The van der Waals surface area contributed by atoms with Crippen molar-refractivity contribution in [3.05, 3.63) is 35.4 Å². The standard InChI is InChI=1S/C19H28N2/c1-2-6-17-16(5-1)15-20-12-7-18(17)21-13-10-19(11-14-21)8-3-4-9-19/h1-2,5-6,18,20H,3-4,7-15H2. The van der Waals surface area contributed by atoms with Crippen LogP contribution in [0.3, 0.4) is 0 Å². The molecule has 0 radical (unpaired) electrons. The van der Waals surface area contributed by atoms with Crippen LogP contribution in [0.5, 0.6) is 0 Å². The molecule has 1 saturated carbocycles. The first-order chi connectivity index (χ1) is 10.4. The maximum atomic E-state index is 3.59. The normalized spacial score (nSPS) is 29.2. The third-order valence-corrected chi connectivity index (χ3v) is 6.29. The predicted octanol–water partition coefficient (Wildman–Crippen LogP) is 3.88. The highest BCUT2D eigenvalue weighted by molar-refractivity contribution is 5.31. The van der Waals surface area contributed by atoms with E-state index in [1.165, 1.54) is 63.6 Å². The van der Waals surface area contributed by atoms with Gasteiger partial charge in [0.25, 0.3) is 0 Å². The van der Waals surface area contributed by atoms with E-state index in [-0.39, 0.29) is 0 Å². The van der Waals surface area contributed by atoms with Crippen LogP contribution in [0.25, 0.3) is 0 Å². The summed E-state index contributed by atoms with van der Waals surface area (Å²) in [6, 6.07) is 9.73. The minimum Gasteiger partial charge on any atom is -0.313 e. The van der Waals surface area contributed by atoms with Crippen molar-refractivity contribution in [2.45, 2.75) is 57.5 Å². The van der Waals surface area contributed by atoms with Crippen LogP contribution in [0.15, 0.2) is 24.3 Å². The van der Waals surface area contributed by atoms with Crippen molar-refractivity contribution in [3.8, 4) is 0 Å². The van der Waals surface area contributed by atoms with Crippen LogP contribution in [0.4, 0.5) is 0 Å². The lowest BCUT2D eigenvalue weighted by Crippen LogP contribution is -2.41. The Bertz CT molecular complexity index is 480. The molecule has 2 heterocycles. The Kier molecular flexibility index (Phi) is 3.76. The minimum atomic E-state index is 0.648. The minimum absolute atomic E-state index is 0.648. The molecule has 2 heteroatoms. The molecule has 2 fully saturated rings. The van der Waals surface area contributed by atoms with Gasteiger partial charge >= 0.3 is 0 Å². The smallest absolute Gasteiger partial charge is 0.0363 e. The molecule has 1 aromatic rings. The van der Waals surface area contributed by atoms with Gasteiger partial charge in [0, 0.05) is 12.6 Å². The average Bonchev–Trinajstić information content (AvgIpc) is 2.87. The number of fused-ring (bicyclic) bond motifs is 1. The molecule has 1 N–H and O–H groups in total. The summed E-state index contributed by atoms with van der Waals surface area (Å²) < 4.78 is 0. The molecule has 114 valence electrons. The second-order valence-corrected chi connectivity index (χ2v) is 7.42. The Morgan fingerprint density at radius 1 is 1.00 bits per heavy atom. The maximum Gasteiger partial charge on any atom is 0.0363 e. The molecule has 1 aromatic carbocycles. The summed E-state index contributed by atoms with van der Waals surface area (Å²) in [6.45, 7) is 4.84. The Labute approximate surface area is 128 Å². The Balaban J connectivity index is 1.51. The van der Waals surface area contributed by atoms with E-state index in [4.69, 9.17) is 0 Å². The van der Waals surface area contributed by atoms with Crippen molar-refractivity contribution in [1.82, 2.24) is 10.2 Å². The number of nitrogens with zero attached hydrogens (tertiary/aromatic N) is 1. The van der Waals surface area contributed by atoms with E-state index in [9.17, 15) is 0 Å². The van der Waals surface area contributed by atoms with Crippen LogP contribution >= 0.6 is 0 Å². The molecule has 21 heavy (non-hydrogen) atoms. The van der Waals surface area contributed by atoms with Crippen LogP contribution in [0.1, 0.15) is 62.1 Å². The largest absolute Gasteiger partial charge is 0.313 e. The van der Waals surface area contributed by atoms with Gasteiger partial charge in [-0.15, -0.1) is 0 Å². The van der Waals surface area contributed by atoms with Crippen LogP contribution in [-0.4, -0.2) is 24.5 Å². The summed E-state index contributed by atoms with van der Waals surface area (Å²) in [7, 11) is 0. The lowest BCUT2D eigenvalue weighted by Gasteiger charge is -2.43. The van der Waals surface area contributed by atoms with E-state index in [0.717, 1.165) is 18.5 Å². The number of rotatable bonds is 1. The number of likely N-dealkylation sites (tertiary alicyclic amines) is 1. The van der Waals surface area contributed by atoms with Gasteiger partial charge in [0.2, 0.25) is 0 Å². The number of piperidine rings is 1. The first-order valence-corrected chi connectivity index (χ1v) is 8.89.